The summed E-state index contributed by atoms with van der Waals surface area (Å²) in [7, 11) is 0. The molecular formula is C24H44N6O8. The molecule has 0 unspecified atom stereocenters. The molecular weight excluding hydrogens is 500 g/mol. The number of rotatable bonds is 17. The van der Waals surface area contributed by atoms with E-state index < -0.39 is 84.7 Å². The quantitative estimate of drug-likeness (QED) is 0.100. The van der Waals surface area contributed by atoms with Crippen LogP contribution >= 0.6 is 0 Å². The lowest BCUT2D eigenvalue weighted by Crippen LogP contribution is -2.60. The number of aliphatic carboxylic acids is 1. The van der Waals surface area contributed by atoms with Gasteiger partial charge in [0.15, 0.2) is 0 Å². The molecule has 0 spiro atoms. The molecule has 38 heavy (non-hydrogen) atoms. The maximum atomic E-state index is 13.1. The molecule has 0 fully saturated rings. The number of carboxylic acid groups (broad SMARTS) is 1. The lowest BCUT2D eigenvalue weighted by molar-refractivity contribution is -0.143. The van der Waals surface area contributed by atoms with E-state index in [2.05, 4.69) is 21.3 Å². The Bertz CT molecular complexity index is 848. The minimum absolute atomic E-state index is 0.0826. The number of amides is 5. The van der Waals surface area contributed by atoms with Gasteiger partial charge in [0.1, 0.15) is 24.2 Å². The topological polar surface area (TPSA) is 243 Å². The van der Waals surface area contributed by atoms with Gasteiger partial charge in [0.25, 0.3) is 0 Å². The molecule has 0 saturated heterocycles. The first-order valence-electron chi connectivity index (χ1n) is 12.6. The second kappa shape index (κ2) is 16.6. The summed E-state index contributed by atoms with van der Waals surface area (Å²) in [5.74, 6) is -5.84. The van der Waals surface area contributed by atoms with E-state index in [0.29, 0.717) is 6.42 Å². The van der Waals surface area contributed by atoms with Crippen LogP contribution in [0.3, 0.4) is 0 Å². The summed E-state index contributed by atoms with van der Waals surface area (Å²) in [5, 5.41) is 27.9. The molecule has 0 saturated carbocycles. The third kappa shape index (κ3) is 12.8. The first-order chi connectivity index (χ1) is 17.5. The van der Waals surface area contributed by atoms with Crippen molar-refractivity contribution in [3.8, 4) is 0 Å². The SMILES string of the molecule is CC(C)C[C@H](NC(=O)[C@@H](NC(=O)[C@H](CC(N)=O)NC(=O)[C@@H](N)CC(C)C)C(C)C)C(=O)N[C@@H](CO)C(=O)O. The van der Waals surface area contributed by atoms with Gasteiger partial charge >= 0.3 is 5.97 Å². The zero-order chi connectivity index (χ0) is 29.7. The maximum Gasteiger partial charge on any atom is 0.328 e. The summed E-state index contributed by atoms with van der Waals surface area (Å²) < 4.78 is 0. The van der Waals surface area contributed by atoms with Gasteiger partial charge < -0.3 is 42.9 Å². The van der Waals surface area contributed by atoms with Gasteiger partial charge in [-0.25, -0.2) is 4.79 Å². The highest BCUT2D eigenvalue weighted by molar-refractivity contribution is 5.97. The molecule has 5 amide bonds. The van der Waals surface area contributed by atoms with Gasteiger partial charge in [-0.1, -0.05) is 41.5 Å². The Morgan fingerprint density at radius 1 is 0.684 bits per heavy atom. The lowest BCUT2D eigenvalue weighted by Gasteiger charge is -2.28. The number of aliphatic hydroxyl groups is 1. The number of nitrogens with two attached hydrogens (primary N) is 2. The van der Waals surface area contributed by atoms with Crippen LogP contribution in [0.2, 0.25) is 0 Å². The summed E-state index contributed by atoms with van der Waals surface area (Å²) in [5.41, 5.74) is 11.1. The molecule has 0 aliphatic heterocycles. The van der Waals surface area contributed by atoms with E-state index in [-0.39, 0.29) is 18.3 Å². The number of carboxylic acids is 1. The van der Waals surface area contributed by atoms with Crippen molar-refractivity contribution in [3.05, 3.63) is 0 Å². The Hall–Kier alpha value is -3.26. The van der Waals surface area contributed by atoms with Gasteiger partial charge in [-0.15, -0.1) is 0 Å². The van der Waals surface area contributed by atoms with Crippen molar-refractivity contribution in [2.45, 2.75) is 91.0 Å². The molecule has 10 N–H and O–H groups in total. The average Bonchev–Trinajstić information content (AvgIpc) is 2.77. The third-order valence-electron chi connectivity index (χ3n) is 5.48. The molecule has 5 atom stereocenters. The van der Waals surface area contributed by atoms with Crippen molar-refractivity contribution in [2.24, 2.45) is 29.2 Å². The van der Waals surface area contributed by atoms with E-state index in [1.807, 2.05) is 13.8 Å². The fraction of sp³-hybridized carbons (Fsp3) is 0.750. The number of carbonyl (C=O) groups excluding carboxylic acids is 5. The molecule has 14 nitrogen and oxygen atoms in total. The van der Waals surface area contributed by atoms with E-state index in [4.69, 9.17) is 16.6 Å². The van der Waals surface area contributed by atoms with Crippen LogP contribution in [0.5, 0.6) is 0 Å². The molecule has 0 bridgehead atoms. The Kier molecular flexibility index (Phi) is 15.1. The van der Waals surface area contributed by atoms with Gasteiger partial charge in [0, 0.05) is 0 Å². The summed E-state index contributed by atoms with van der Waals surface area (Å²) in [6.45, 7) is 9.73. The normalized spacial score (nSPS) is 15.2. The molecule has 0 heterocycles. The Labute approximate surface area is 223 Å². The van der Waals surface area contributed by atoms with E-state index >= 15 is 0 Å². The molecule has 0 radical (unpaired) electrons. The minimum atomic E-state index is -1.56. The summed E-state index contributed by atoms with van der Waals surface area (Å²) >= 11 is 0. The van der Waals surface area contributed by atoms with Gasteiger partial charge in [0.2, 0.25) is 29.5 Å². The molecule has 14 heteroatoms. The largest absolute Gasteiger partial charge is 0.480 e. The van der Waals surface area contributed by atoms with Gasteiger partial charge in [0.05, 0.1) is 19.1 Å². The van der Waals surface area contributed by atoms with Gasteiger partial charge in [-0.05, 0) is 30.6 Å². The van der Waals surface area contributed by atoms with Crippen molar-refractivity contribution in [2.75, 3.05) is 6.61 Å². The average molecular weight is 545 g/mol. The van der Waals surface area contributed by atoms with E-state index in [9.17, 15) is 33.9 Å². The van der Waals surface area contributed by atoms with E-state index in [1.54, 1.807) is 27.7 Å². The number of hydrogen-bond acceptors (Lipinski definition) is 8. The zero-order valence-corrected chi connectivity index (χ0v) is 22.9. The van der Waals surface area contributed by atoms with Crippen molar-refractivity contribution in [3.63, 3.8) is 0 Å². The third-order valence-corrected chi connectivity index (χ3v) is 5.48. The predicted octanol–water partition coefficient (Wildman–Crippen LogP) is -2.05. The van der Waals surface area contributed by atoms with Crippen LogP contribution in [-0.4, -0.2) is 82.5 Å². The monoisotopic (exact) mass is 544 g/mol. The zero-order valence-electron chi connectivity index (χ0n) is 22.9. The molecule has 0 aromatic rings. The molecule has 0 aliphatic carbocycles. The molecule has 0 rings (SSSR count). The molecule has 0 aromatic carbocycles. The smallest absolute Gasteiger partial charge is 0.328 e. The number of aliphatic hydroxyl groups excluding tert-OH is 1. The fourth-order valence-electron chi connectivity index (χ4n) is 3.52. The van der Waals surface area contributed by atoms with Crippen molar-refractivity contribution >= 4 is 35.5 Å². The predicted molar refractivity (Wildman–Crippen MR) is 138 cm³/mol. The molecule has 0 aliphatic rings. The fourth-order valence-corrected chi connectivity index (χ4v) is 3.52. The van der Waals surface area contributed by atoms with Crippen LogP contribution in [0, 0.1) is 17.8 Å². The minimum Gasteiger partial charge on any atom is -0.480 e. The highest BCUT2D eigenvalue weighted by Crippen LogP contribution is 2.10. The van der Waals surface area contributed by atoms with Crippen molar-refractivity contribution in [1.82, 2.24) is 21.3 Å². The number of hydrogen-bond donors (Lipinski definition) is 8. The van der Waals surface area contributed by atoms with Crippen molar-refractivity contribution in [1.29, 1.82) is 0 Å². The number of primary amides is 1. The summed E-state index contributed by atoms with van der Waals surface area (Å²) in [6.07, 6.45) is -0.0528. The number of carbonyl (C=O) groups is 6. The first-order valence-corrected chi connectivity index (χ1v) is 12.6. The van der Waals surface area contributed by atoms with Crippen LogP contribution in [0.4, 0.5) is 0 Å². The second-order valence-electron chi connectivity index (χ2n) is 10.5. The van der Waals surface area contributed by atoms with Crippen molar-refractivity contribution < 1.29 is 39.0 Å². The number of nitrogens with one attached hydrogen (secondary N) is 4. The van der Waals surface area contributed by atoms with Crippen LogP contribution in [-0.2, 0) is 28.8 Å². The Morgan fingerprint density at radius 2 is 1.16 bits per heavy atom. The molecule has 218 valence electrons. The van der Waals surface area contributed by atoms with Crippen LogP contribution in [0.15, 0.2) is 0 Å². The highest BCUT2D eigenvalue weighted by Gasteiger charge is 2.33. The van der Waals surface area contributed by atoms with Crippen LogP contribution in [0.25, 0.3) is 0 Å². The maximum absolute atomic E-state index is 13.1. The van der Waals surface area contributed by atoms with E-state index in [0.717, 1.165) is 0 Å². The standard InChI is InChI=1S/C24H44N6O8/c1-11(2)7-14(25)20(33)27-16(9-18(26)32)22(35)30-19(13(5)6)23(36)28-15(8-12(3)4)21(34)29-17(10-31)24(37)38/h11-17,19,31H,7-10,25H2,1-6H3,(H2,26,32)(H,27,33)(H,28,36)(H,29,34)(H,30,35)(H,37,38)/t14-,15-,16-,17-,19-/m0/s1. The summed E-state index contributed by atoms with van der Waals surface area (Å²) in [6, 6.07) is -6.22. The Morgan fingerprint density at radius 3 is 1.58 bits per heavy atom. The van der Waals surface area contributed by atoms with Crippen LogP contribution < -0.4 is 32.7 Å². The first kappa shape index (κ1) is 34.7. The Balaban J connectivity index is 5.71. The second-order valence-corrected chi connectivity index (χ2v) is 10.5. The van der Waals surface area contributed by atoms with Gasteiger partial charge in [-0.2, -0.15) is 0 Å². The lowest BCUT2D eigenvalue weighted by atomic mass is 9.99. The van der Waals surface area contributed by atoms with Gasteiger partial charge in [-0.3, -0.25) is 24.0 Å². The van der Waals surface area contributed by atoms with E-state index in [1.165, 1.54) is 0 Å². The van der Waals surface area contributed by atoms with Crippen LogP contribution in [0.1, 0.15) is 60.8 Å². The molecule has 0 aromatic heterocycles. The summed E-state index contributed by atoms with van der Waals surface area (Å²) in [4.78, 5) is 74.0. The highest BCUT2D eigenvalue weighted by atomic mass is 16.4.